The maximum absolute atomic E-state index is 9.83. The van der Waals surface area contributed by atoms with Crippen molar-refractivity contribution in [2.45, 2.75) is 60.8 Å². The van der Waals surface area contributed by atoms with Gasteiger partial charge in [0.1, 0.15) is 11.4 Å². The van der Waals surface area contributed by atoms with Gasteiger partial charge in [-0.15, -0.1) is 0 Å². The lowest BCUT2D eigenvalue weighted by Crippen LogP contribution is -2.23. The largest absolute Gasteiger partial charge is 0.748 e. The Morgan fingerprint density at radius 1 is 0.812 bits per heavy atom. The van der Waals surface area contributed by atoms with Gasteiger partial charge in [0.15, 0.2) is 14.7 Å². The van der Waals surface area contributed by atoms with E-state index in [4.69, 9.17) is 4.74 Å². The minimum Gasteiger partial charge on any atom is -0.748 e. The van der Waals surface area contributed by atoms with Crippen LogP contribution in [0.3, 0.4) is 0 Å². The third-order valence-corrected chi connectivity index (χ3v) is 7.17. The molecule has 3 aromatic rings. The van der Waals surface area contributed by atoms with Crippen LogP contribution in [0, 0.1) is 0 Å². The second-order valence-corrected chi connectivity index (χ2v) is 11.8. The highest BCUT2D eigenvalue weighted by Crippen LogP contribution is 2.33. The molecule has 0 amide bonds. The molecule has 0 unspecified atom stereocenters. The average Bonchev–Trinajstić information content (AvgIpc) is 2.73. The molecule has 0 spiro atoms. The smallest absolute Gasteiger partial charge is 0.170 e. The Hall–Kier alpha value is -2.28. The van der Waals surface area contributed by atoms with Gasteiger partial charge >= 0.3 is 0 Å². The van der Waals surface area contributed by atoms with Gasteiger partial charge in [0.05, 0.1) is 21.0 Å². The van der Waals surface area contributed by atoms with Crippen molar-refractivity contribution in [3.63, 3.8) is 0 Å². The van der Waals surface area contributed by atoms with Crippen LogP contribution >= 0.6 is 0 Å². The number of hydrogen-bond acceptors (Lipinski definition) is 4. The number of hydrogen-bond donors (Lipinski definition) is 0. The van der Waals surface area contributed by atoms with E-state index in [-0.39, 0.29) is 22.2 Å². The summed E-state index contributed by atoms with van der Waals surface area (Å²) in [6.45, 7) is 8.07. The van der Waals surface area contributed by atoms with Gasteiger partial charge in [0.2, 0.25) is 0 Å². The molecule has 32 heavy (non-hydrogen) atoms. The predicted molar refractivity (Wildman–Crippen MR) is 131 cm³/mol. The van der Waals surface area contributed by atoms with Crippen molar-refractivity contribution >= 4 is 21.0 Å². The quantitative estimate of drug-likeness (QED) is 0.299. The Morgan fingerprint density at radius 3 is 1.72 bits per heavy atom. The molecule has 0 saturated carbocycles. The van der Waals surface area contributed by atoms with E-state index in [2.05, 4.69) is 99.6 Å². The Morgan fingerprint density at radius 2 is 1.31 bits per heavy atom. The third kappa shape index (κ3) is 9.47. The highest BCUT2D eigenvalue weighted by atomic mass is 32.2. The van der Waals surface area contributed by atoms with Crippen LogP contribution in [0.5, 0.6) is 5.75 Å². The molecule has 3 rings (SSSR count). The van der Waals surface area contributed by atoms with Crippen molar-refractivity contribution in [1.82, 2.24) is 0 Å². The minimum atomic E-state index is -3.94. The molecule has 0 bridgehead atoms. The van der Waals surface area contributed by atoms with E-state index in [0.717, 1.165) is 12.2 Å². The summed E-state index contributed by atoms with van der Waals surface area (Å²) in [5.41, 5.74) is -0.198. The van der Waals surface area contributed by atoms with E-state index in [9.17, 15) is 13.0 Å². The summed E-state index contributed by atoms with van der Waals surface area (Å²) in [4.78, 5) is 3.90. The summed E-state index contributed by atoms with van der Waals surface area (Å²) >= 11 is 0. The first-order valence-corrected chi connectivity index (χ1v) is 13.5. The van der Waals surface area contributed by atoms with Gasteiger partial charge in [-0.1, -0.05) is 55.8 Å². The van der Waals surface area contributed by atoms with E-state index >= 15 is 0 Å². The van der Waals surface area contributed by atoms with Gasteiger partial charge in [0.25, 0.3) is 0 Å². The van der Waals surface area contributed by atoms with Crippen LogP contribution in [0.15, 0.2) is 99.6 Å². The Labute approximate surface area is 195 Å². The lowest BCUT2D eigenvalue weighted by atomic mass is 10.2. The molecule has 4 nitrogen and oxygen atoms in total. The molecule has 0 saturated heterocycles. The van der Waals surface area contributed by atoms with E-state index in [0.29, 0.717) is 6.42 Å². The van der Waals surface area contributed by atoms with Gasteiger partial charge in [0, 0.05) is 11.8 Å². The first-order chi connectivity index (χ1) is 15.1. The summed E-state index contributed by atoms with van der Waals surface area (Å²) in [5.74, 6) is 0.702. The summed E-state index contributed by atoms with van der Waals surface area (Å²) < 4.78 is 35.6. The Balaban J connectivity index is 0.000000390. The topological polar surface area (TPSA) is 66.4 Å². The second-order valence-electron chi connectivity index (χ2n) is 8.24. The lowest BCUT2D eigenvalue weighted by molar-refractivity contribution is 0.130. The van der Waals surface area contributed by atoms with Crippen molar-refractivity contribution in [3.8, 4) is 5.75 Å². The molecule has 0 aliphatic heterocycles. The molecule has 0 radical (unpaired) electrons. The molecule has 0 fully saturated rings. The fourth-order valence-electron chi connectivity index (χ4n) is 2.86. The van der Waals surface area contributed by atoms with Crippen molar-refractivity contribution in [2.75, 3.05) is 5.75 Å². The summed E-state index contributed by atoms with van der Waals surface area (Å²) in [7, 11) is -4.07. The average molecular weight is 473 g/mol. The number of benzene rings is 3. The second kappa shape index (κ2) is 12.1. The van der Waals surface area contributed by atoms with Crippen molar-refractivity contribution in [3.05, 3.63) is 84.9 Å². The van der Waals surface area contributed by atoms with Crippen LogP contribution in [0.4, 0.5) is 0 Å². The molecule has 172 valence electrons. The molecule has 0 aromatic heterocycles. The van der Waals surface area contributed by atoms with Crippen LogP contribution in [-0.4, -0.2) is 24.3 Å². The zero-order chi connectivity index (χ0) is 23.6. The van der Waals surface area contributed by atoms with E-state index in [1.165, 1.54) is 14.7 Å². The number of unbranched alkanes of at least 4 members (excludes halogenated alkanes) is 1. The van der Waals surface area contributed by atoms with Crippen molar-refractivity contribution in [1.29, 1.82) is 0 Å². The SMILES string of the molecule is CC(C)(C)Oc1cccc([S+](c2ccccc2)c2ccccc2)c1.CCCCS(=O)(=O)[O-]. The Bertz CT molecular complexity index is 1000. The van der Waals surface area contributed by atoms with Gasteiger partial charge < -0.3 is 9.29 Å². The summed E-state index contributed by atoms with van der Waals surface area (Å²) in [6, 6.07) is 29.8. The zero-order valence-electron chi connectivity index (χ0n) is 19.2. The Kier molecular flexibility index (Phi) is 9.82. The van der Waals surface area contributed by atoms with Crippen molar-refractivity contribution < 1.29 is 17.7 Å². The molecule has 0 atom stereocenters. The lowest BCUT2D eigenvalue weighted by Gasteiger charge is -2.21. The van der Waals surface area contributed by atoms with Crippen LogP contribution in [0.2, 0.25) is 0 Å². The summed E-state index contributed by atoms with van der Waals surface area (Å²) in [5, 5.41) is 0. The van der Waals surface area contributed by atoms with E-state index < -0.39 is 10.1 Å². The normalized spacial score (nSPS) is 11.6. The number of rotatable bonds is 7. The van der Waals surface area contributed by atoms with Gasteiger partial charge in [-0.25, -0.2) is 8.42 Å². The minimum absolute atomic E-state index is 0.133. The molecule has 3 aromatic carbocycles. The highest BCUT2D eigenvalue weighted by Gasteiger charge is 2.29. The molecule has 6 heteroatoms. The fourth-order valence-corrected chi connectivity index (χ4v) is 5.63. The van der Waals surface area contributed by atoms with Gasteiger partial charge in [-0.3, -0.25) is 0 Å². The fraction of sp³-hybridized carbons (Fsp3) is 0.308. The monoisotopic (exact) mass is 472 g/mol. The molecule has 0 aliphatic rings. The van der Waals surface area contributed by atoms with Crippen LogP contribution in [0.25, 0.3) is 0 Å². The molecule has 0 heterocycles. The predicted octanol–water partition coefficient (Wildman–Crippen LogP) is 6.29. The number of ether oxygens (including phenoxy) is 1. The van der Waals surface area contributed by atoms with E-state index in [1.807, 2.05) is 13.0 Å². The van der Waals surface area contributed by atoms with Crippen molar-refractivity contribution in [2.24, 2.45) is 0 Å². The van der Waals surface area contributed by atoms with Gasteiger partial charge in [-0.05, 0) is 63.6 Å². The molecular weight excluding hydrogens is 440 g/mol. The first-order valence-electron chi connectivity index (χ1n) is 10.7. The summed E-state index contributed by atoms with van der Waals surface area (Å²) in [6.07, 6.45) is 1.23. The maximum Gasteiger partial charge on any atom is 0.170 e. The standard InChI is InChI=1S/C22H23OS.C4H10O3S/c1-22(2,3)23-18-11-10-16-21(17-18)24(19-12-6-4-7-13-19)20-14-8-5-9-15-20;1-2-3-4-8(5,6)7/h4-17H,1-3H3;2-4H2,1H3,(H,5,6,7)/q+1;/p-1. The maximum atomic E-state index is 9.83. The van der Waals surface area contributed by atoms with E-state index in [1.54, 1.807) is 0 Å². The molecular formula is C26H32O4S2. The van der Waals surface area contributed by atoms with Crippen LogP contribution < -0.4 is 4.74 Å². The first kappa shape index (κ1) is 26.0. The molecule has 0 N–H and O–H groups in total. The zero-order valence-corrected chi connectivity index (χ0v) is 20.8. The highest BCUT2D eigenvalue weighted by molar-refractivity contribution is 7.97. The third-order valence-electron chi connectivity index (χ3n) is 4.17. The molecule has 0 aliphatic carbocycles. The van der Waals surface area contributed by atoms with Crippen LogP contribution in [0.1, 0.15) is 40.5 Å². The van der Waals surface area contributed by atoms with Gasteiger partial charge in [-0.2, -0.15) is 0 Å². The van der Waals surface area contributed by atoms with Crippen LogP contribution in [-0.2, 0) is 21.0 Å².